The van der Waals surface area contributed by atoms with E-state index in [2.05, 4.69) is 26.2 Å². The number of thiophene rings is 1. The Hall–Kier alpha value is -2.84. The molecule has 0 aliphatic carbocycles. The van der Waals surface area contributed by atoms with E-state index in [1.807, 2.05) is 52.4 Å². The van der Waals surface area contributed by atoms with E-state index in [0.717, 1.165) is 25.9 Å². The molecule has 0 radical (unpaired) electrons. The van der Waals surface area contributed by atoms with Crippen LogP contribution in [-0.4, -0.2) is 29.7 Å². The Bertz CT molecular complexity index is 1170. The number of fused-ring (bicyclic) bond motifs is 1. The van der Waals surface area contributed by atoms with Crippen molar-refractivity contribution in [3.63, 3.8) is 0 Å². The van der Waals surface area contributed by atoms with Crippen molar-refractivity contribution in [2.75, 3.05) is 14.2 Å². The molecule has 1 amide bonds. The summed E-state index contributed by atoms with van der Waals surface area (Å²) < 4.78 is 14.8. The molecule has 154 valence electrons. The van der Waals surface area contributed by atoms with E-state index in [1.54, 1.807) is 31.8 Å². The Kier molecular flexibility index (Phi) is 6.06. The summed E-state index contributed by atoms with van der Waals surface area (Å²) >= 11 is 5.22. The van der Waals surface area contributed by atoms with Gasteiger partial charge in [-0.05, 0) is 51.8 Å². The molecular formula is C22H20BrN3O3S. The van der Waals surface area contributed by atoms with Crippen molar-refractivity contribution in [3.8, 4) is 11.5 Å². The number of aromatic nitrogens is 2. The van der Waals surface area contributed by atoms with Crippen LogP contribution in [0.15, 0.2) is 58.5 Å². The van der Waals surface area contributed by atoms with E-state index in [4.69, 9.17) is 9.47 Å². The first-order valence-corrected chi connectivity index (χ1v) is 10.9. The lowest BCUT2D eigenvalue weighted by Gasteiger charge is -2.13. The zero-order valence-corrected chi connectivity index (χ0v) is 18.9. The highest BCUT2D eigenvalue weighted by Crippen LogP contribution is 2.34. The molecule has 0 spiro atoms. The molecule has 0 fully saturated rings. The van der Waals surface area contributed by atoms with Gasteiger partial charge < -0.3 is 19.4 Å². The monoisotopic (exact) mass is 485 g/mol. The maximum atomic E-state index is 13.0. The van der Waals surface area contributed by atoms with Gasteiger partial charge in [0.25, 0.3) is 5.91 Å². The van der Waals surface area contributed by atoms with Crippen molar-refractivity contribution in [3.05, 3.63) is 75.5 Å². The quantitative estimate of drug-likeness (QED) is 0.406. The molecule has 0 bridgehead atoms. The van der Waals surface area contributed by atoms with Crippen LogP contribution < -0.4 is 14.8 Å². The summed E-state index contributed by atoms with van der Waals surface area (Å²) in [6, 6.07) is 13.3. The SMILES string of the molecule is COc1cc(Cn2c(C(=O)NCc3ccccn3)cc3scc(Br)c32)cc(OC)c1. The molecule has 4 rings (SSSR count). The summed E-state index contributed by atoms with van der Waals surface area (Å²) in [5.74, 6) is 1.27. The summed E-state index contributed by atoms with van der Waals surface area (Å²) in [7, 11) is 3.25. The van der Waals surface area contributed by atoms with E-state index in [-0.39, 0.29) is 5.91 Å². The smallest absolute Gasteiger partial charge is 0.268 e. The number of methoxy groups -OCH3 is 2. The number of pyridine rings is 1. The summed E-state index contributed by atoms with van der Waals surface area (Å²) in [6.07, 6.45) is 1.72. The lowest BCUT2D eigenvalue weighted by atomic mass is 10.2. The molecule has 0 saturated carbocycles. The fourth-order valence-corrected chi connectivity index (χ4v) is 4.98. The topological polar surface area (TPSA) is 65.4 Å². The number of carbonyl (C=O) groups excluding carboxylic acids is 1. The second kappa shape index (κ2) is 8.89. The van der Waals surface area contributed by atoms with Crippen molar-refractivity contribution in [1.29, 1.82) is 0 Å². The van der Waals surface area contributed by atoms with E-state index < -0.39 is 0 Å². The van der Waals surface area contributed by atoms with Gasteiger partial charge in [0.05, 0.1) is 41.1 Å². The Morgan fingerprint density at radius 2 is 1.93 bits per heavy atom. The molecule has 0 aliphatic rings. The molecule has 1 aromatic carbocycles. The number of carbonyl (C=O) groups is 1. The van der Waals surface area contributed by atoms with Crippen molar-refractivity contribution in [1.82, 2.24) is 14.9 Å². The van der Waals surface area contributed by atoms with E-state index in [9.17, 15) is 4.79 Å². The molecule has 4 aromatic rings. The minimum atomic E-state index is -0.147. The average Bonchev–Trinajstić information content (AvgIpc) is 3.32. The summed E-state index contributed by atoms with van der Waals surface area (Å²) in [4.78, 5) is 17.3. The molecule has 8 heteroatoms. The van der Waals surface area contributed by atoms with Crippen LogP contribution >= 0.6 is 27.3 Å². The van der Waals surface area contributed by atoms with Gasteiger partial charge in [-0.3, -0.25) is 9.78 Å². The molecular weight excluding hydrogens is 466 g/mol. The van der Waals surface area contributed by atoms with Gasteiger partial charge in [-0.25, -0.2) is 0 Å². The minimum absolute atomic E-state index is 0.147. The van der Waals surface area contributed by atoms with Crippen LogP contribution in [0.1, 0.15) is 21.7 Å². The van der Waals surface area contributed by atoms with Gasteiger partial charge in [0.15, 0.2) is 0 Å². The minimum Gasteiger partial charge on any atom is -0.497 e. The van der Waals surface area contributed by atoms with E-state index in [1.165, 1.54) is 0 Å². The number of nitrogens with one attached hydrogen (secondary N) is 1. The highest BCUT2D eigenvalue weighted by Gasteiger charge is 2.19. The standard InChI is InChI=1S/C22H20BrN3O3S/c1-28-16-7-14(8-17(9-16)29-2)12-26-19(10-20-21(26)18(23)13-30-20)22(27)25-11-15-5-3-4-6-24-15/h3-10,13H,11-12H2,1-2H3,(H,25,27). The highest BCUT2D eigenvalue weighted by atomic mass is 79.9. The second-order valence-electron chi connectivity index (χ2n) is 6.64. The first-order valence-electron chi connectivity index (χ1n) is 9.25. The van der Waals surface area contributed by atoms with Gasteiger partial charge in [-0.1, -0.05) is 6.07 Å². The second-order valence-corrected chi connectivity index (χ2v) is 8.40. The Labute approximate surface area is 186 Å². The van der Waals surface area contributed by atoms with Gasteiger partial charge in [-0.2, -0.15) is 0 Å². The molecule has 0 saturated heterocycles. The molecule has 3 aromatic heterocycles. The fourth-order valence-electron chi connectivity index (χ4n) is 3.29. The van der Waals surface area contributed by atoms with Gasteiger partial charge in [0.1, 0.15) is 17.2 Å². The fraction of sp³-hybridized carbons (Fsp3) is 0.182. The van der Waals surface area contributed by atoms with Crippen LogP contribution in [0.2, 0.25) is 0 Å². The third-order valence-corrected chi connectivity index (χ3v) is 6.54. The number of benzene rings is 1. The van der Waals surface area contributed by atoms with Crippen LogP contribution in [0, 0.1) is 0 Å². The van der Waals surface area contributed by atoms with Crippen molar-refractivity contribution in [2.45, 2.75) is 13.1 Å². The highest BCUT2D eigenvalue weighted by molar-refractivity contribution is 9.10. The predicted molar refractivity (Wildman–Crippen MR) is 122 cm³/mol. The number of amides is 1. The first-order chi connectivity index (χ1) is 14.6. The largest absolute Gasteiger partial charge is 0.497 e. The molecule has 1 N–H and O–H groups in total. The third kappa shape index (κ3) is 4.20. The van der Waals surface area contributed by atoms with Crippen molar-refractivity contribution >= 4 is 43.4 Å². The maximum absolute atomic E-state index is 13.0. The number of hydrogen-bond donors (Lipinski definition) is 1. The summed E-state index contributed by atoms with van der Waals surface area (Å²) in [5, 5.41) is 5.01. The Balaban J connectivity index is 1.68. The summed E-state index contributed by atoms with van der Waals surface area (Å²) in [6.45, 7) is 0.866. The van der Waals surface area contributed by atoms with Crippen molar-refractivity contribution < 1.29 is 14.3 Å². The first kappa shape index (κ1) is 20.4. The molecule has 0 unspecified atom stereocenters. The van der Waals surface area contributed by atoms with Gasteiger partial charge in [0, 0.05) is 24.2 Å². The molecule has 6 nitrogen and oxygen atoms in total. The number of halogens is 1. The zero-order valence-electron chi connectivity index (χ0n) is 16.5. The van der Waals surface area contributed by atoms with Crippen LogP contribution in [0.5, 0.6) is 11.5 Å². The summed E-state index contributed by atoms with van der Waals surface area (Å²) in [5.41, 5.74) is 3.37. The van der Waals surface area contributed by atoms with Crippen LogP contribution in [0.4, 0.5) is 0 Å². The van der Waals surface area contributed by atoms with Gasteiger partial charge >= 0.3 is 0 Å². The molecule has 0 aliphatic heterocycles. The number of ether oxygens (including phenoxy) is 2. The zero-order chi connectivity index (χ0) is 21.1. The lowest BCUT2D eigenvalue weighted by Crippen LogP contribution is -2.26. The number of rotatable bonds is 7. The Morgan fingerprint density at radius 3 is 2.60 bits per heavy atom. The van der Waals surface area contributed by atoms with E-state index in [0.29, 0.717) is 30.3 Å². The van der Waals surface area contributed by atoms with E-state index >= 15 is 0 Å². The molecule has 3 heterocycles. The molecule has 0 atom stereocenters. The number of hydrogen-bond acceptors (Lipinski definition) is 5. The van der Waals surface area contributed by atoms with Crippen molar-refractivity contribution in [2.24, 2.45) is 0 Å². The van der Waals surface area contributed by atoms with Crippen LogP contribution in [0.25, 0.3) is 10.2 Å². The third-order valence-electron chi connectivity index (χ3n) is 4.72. The molecule has 30 heavy (non-hydrogen) atoms. The van der Waals surface area contributed by atoms with Crippen LogP contribution in [-0.2, 0) is 13.1 Å². The Morgan fingerprint density at radius 1 is 1.17 bits per heavy atom. The predicted octanol–water partition coefficient (Wildman–Crippen LogP) is 4.86. The van der Waals surface area contributed by atoms with Gasteiger partial charge in [-0.15, -0.1) is 11.3 Å². The number of nitrogens with zero attached hydrogens (tertiary/aromatic N) is 2. The lowest BCUT2D eigenvalue weighted by molar-refractivity contribution is 0.0942. The normalized spacial score (nSPS) is 10.9. The van der Waals surface area contributed by atoms with Crippen LogP contribution in [0.3, 0.4) is 0 Å². The maximum Gasteiger partial charge on any atom is 0.268 e. The van der Waals surface area contributed by atoms with Gasteiger partial charge in [0.2, 0.25) is 0 Å². The average molecular weight is 486 g/mol.